The number of hydrogen-bond acceptors (Lipinski definition) is 6. The van der Waals surface area contributed by atoms with E-state index < -0.39 is 10.0 Å². The third-order valence-electron chi connectivity index (χ3n) is 3.91. The average Bonchev–Trinajstić information content (AvgIpc) is 2.66. The summed E-state index contributed by atoms with van der Waals surface area (Å²) in [5.41, 5.74) is 1.09. The van der Waals surface area contributed by atoms with E-state index in [1.807, 2.05) is 6.07 Å². The number of benzene rings is 2. The van der Waals surface area contributed by atoms with Gasteiger partial charge in [0.1, 0.15) is 17.4 Å². The number of aryl methyl sites for hydroxylation is 2. The third kappa shape index (κ3) is 6.49. The third-order valence-corrected chi connectivity index (χ3v) is 6.39. The second kappa shape index (κ2) is 9.75. The summed E-state index contributed by atoms with van der Waals surface area (Å²) < 4.78 is 34.7. The van der Waals surface area contributed by atoms with E-state index in [4.69, 9.17) is 4.74 Å². The first kappa shape index (κ1) is 23.2. The zero-order chi connectivity index (χ0) is 22.6. The second-order valence-electron chi connectivity index (χ2n) is 6.48. The Labute approximate surface area is 196 Å². The van der Waals surface area contributed by atoms with Crippen LogP contribution in [0.3, 0.4) is 0 Å². The Hall–Kier alpha value is -2.50. The molecule has 0 unspecified atom stereocenters. The highest BCUT2D eigenvalue weighted by molar-refractivity contribution is 9.11. The lowest BCUT2D eigenvalue weighted by atomic mass is 10.3. The highest BCUT2D eigenvalue weighted by Gasteiger charge is 2.16. The van der Waals surface area contributed by atoms with Crippen molar-refractivity contribution >= 4 is 59.3 Å². The summed E-state index contributed by atoms with van der Waals surface area (Å²) in [6.45, 7) is 3.23. The van der Waals surface area contributed by atoms with Gasteiger partial charge in [0.15, 0.2) is 6.61 Å². The van der Waals surface area contributed by atoms with Crippen LogP contribution in [0.2, 0.25) is 0 Å². The van der Waals surface area contributed by atoms with Crippen molar-refractivity contribution in [1.82, 2.24) is 9.97 Å². The van der Waals surface area contributed by atoms with Crippen molar-refractivity contribution in [3.05, 3.63) is 69.0 Å². The van der Waals surface area contributed by atoms with Crippen LogP contribution < -0.4 is 14.8 Å². The summed E-state index contributed by atoms with van der Waals surface area (Å²) in [6, 6.07) is 12.7. The molecule has 1 amide bonds. The number of ether oxygens (including phenoxy) is 1. The molecule has 0 saturated heterocycles. The molecule has 0 radical (unpaired) electrons. The number of hydrogen-bond donors (Lipinski definition) is 2. The van der Waals surface area contributed by atoms with Crippen LogP contribution in [0.15, 0.2) is 62.4 Å². The van der Waals surface area contributed by atoms with Crippen LogP contribution in [0, 0.1) is 13.8 Å². The number of nitrogens with zero attached hydrogens (tertiary/aromatic N) is 2. The van der Waals surface area contributed by atoms with Crippen molar-refractivity contribution in [1.29, 1.82) is 0 Å². The lowest BCUT2D eigenvalue weighted by Crippen LogP contribution is -2.20. The van der Waals surface area contributed by atoms with Crippen molar-refractivity contribution < 1.29 is 17.9 Å². The van der Waals surface area contributed by atoms with Crippen LogP contribution in [0.4, 0.5) is 11.5 Å². The van der Waals surface area contributed by atoms with Gasteiger partial charge in [-0.3, -0.25) is 9.52 Å². The molecule has 3 aromatic rings. The fraction of sp³-hybridized carbons (Fsp3) is 0.150. The lowest BCUT2D eigenvalue weighted by Gasteiger charge is -2.11. The Kier molecular flexibility index (Phi) is 7.29. The minimum Gasteiger partial charge on any atom is -0.483 e. The summed E-state index contributed by atoms with van der Waals surface area (Å²) in [7, 11) is -3.83. The van der Waals surface area contributed by atoms with Crippen molar-refractivity contribution in [2.45, 2.75) is 18.7 Å². The van der Waals surface area contributed by atoms with Crippen LogP contribution in [0.5, 0.6) is 5.75 Å². The average molecular weight is 570 g/mol. The summed E-state index contributed by atoms with van der Waals surface area (Å²) in [6.07, 6.45) is 0. The number of anilines is 2. The first-order chi connectivity index (χ1) is 14.6. The van der Waals surface area contributed by atoms with Gasteiger partial charge in [-0.15, -0.1) is 0 Å². The predicted molar refractivity (Wildman–Crippen MR) is 125 cm³/mol. The largest absolute Gasteiger partial charge is 0.483 e. The van der Waals surface area contributed by atoms with E-state index in [1.165, 1.54) is 24.3 Å². The molecule has 0 saturated carbocycles. The quantitative estimate of drug-likeness (QED) is 0.435. The monoisotopic (exact) mass is 568 g/mol. The molecule has 1 aromatic heterocycles. The molecule has 8 nitrogen and oxygen atoms in total. The fourth-order valence-electron chi connectivity index (χ4n) is 2.62. The smallest absolute Gasteiger partial charge is 0.263 e. The number of rotatable bonds is 7. The van der Waals surface area contributed by atoms with Crippen molar-refractivity contribution in [2.24, 2.45) is 0 Å². The van der Waals surface area contributed by atoms with Crippen molar-refractivity contribution in [3.8, 4) is 5.75 Å². The van der Waals surface area contributed by atoms with E-state index in [-0.39, 0.29) is 23.2 Å². The zero-order valence-corrected chi connectivity index (χ0v) is 20.5. The molecule has 1 heterocycles. The van der Waals surface area contributed by atoms with Crippen LogP contribution in [-0.4, -0.2) is 30.9 Å². The minimum absolute atomic E-state index is 0.0365. The van der Waals surface area contributed by atoms with Gasteiger partial charge in [-0.2, -0.15) is 0 Å². The molecule has 31 heavy (non-hydrogen) atoms. The van der Waals surface area contributed by atoms with E-state index >= 15 is 0 Å². The molecule has 11 heteroatoms. The van der Waals surface area contributed by atoms with E-state index in [2.05, 4.69) is 51.9 Å². The molecule has 0 fully saturated rings. The Morgan fingerprint density at radius 2 is 1.74 bits per heavy atom. The number of nitrogens with one attached hydrogen (secondary N) is 2. The van der Waals surface area contributed by atoms with Crippen molar-refractivity contribution in [3.63, 3.8) is 0 Å². The van der Waals surface area contributed by atoms with Gasteiger partial charge < -0.3 is 10.1 Å². The van der Waals surface area contributed by atoms with Crippen LogP contribution in [-0.2, 0) is 14.8 Å². The summed E-state index contributed by atoms with van der Waals surface area (Å²) >= 11 is 6.71. The first-order valence-electron chi connectivity index (χ1n) is 8.95. The first-order valence-corrected chi connectivity index (χ1v) is 12.0. The van der Waals surface area contributed by atoms with E-state index in [0.717, 1.165) is 4.47 Å². The molecule has 162 valence electrons. The summed E-state index contributed by atoms with van der Waals surface area (Å²) in [5.74, 6) is 0.809. The van der Waals surface area contributed by atoms with Crippen LogP contribution in [0.25, 0.3) is 0 Å². The van der Waals surface area contributed by atoms with Gasteiger partial charge in [-0.25, -0.2) is 18.4 Å². The fourth-order valence-corrected chi connectivity index (χ4v) is 4.77. The molecule has 0 aliphatic heterocycles. The highest BCUT2D eigenvalue weighted by Crippen LogP contribution is 2.28. The SMILES string of the molecule is Cc1cc(NS(=O)(=O)c2ccc(NC(=O)COc3ccc(Br)cc3Br)cc2)nc(C)n1. The Bertz CT molecular complexity index is 1200. The predicted octanol–water partition coefficient (Wildman–Crippen LogP) is 4.44. The molecular weight excluding hydrogens is 552 g/mol. The number of aromatic nitrogens is 2. The van der Waals surface area contributed by atoms with Gasteiger partial charge in [0.2, 0.25) is 0 Å². The second-order valence-corrected chi connectivity index (χ2v) is 9.94. The van der Waals surface area contributed by atoms with Gasteiger partial charge in [0.05, 0.1) is 9.37 Å². The molecule has 0 spiro atoms. The lowest BCUT2D eigenvalue weighted by molar-refractivity contribution is -0.118. The number of carbonyl (C=O) groups is 1. The van der Waals surface area contributed by atoms with Gasteiger partial charge in [0.25, 0.3) is 15.9 Å². The van der Waals surface area contributed by atoms with Crippen molar-refractivity contribution in [2.75, 3.05) is 16.6 Å². The van der Waals surface area contributed by atoms with E-state index in [9.17, 15) is 13.2 Å². The molecule has 0 bridgehead atoms. The van der Waals surface area contributed by atoms with Gasteiger partial charge in [-0.1, -0.05) is 15.9 Å². The summed E-state index contributed by atoms with van der Waals surface area (Å²) in [5, 5.41) is 2.66. The maximum Gasteiger partial charge on any atom is 0.263 e. The van der Waals surface area contributed by atoms with E-state index in [1.54, 1.807) is 32.0 Å². The topological polar surface area (TPSA) is 110 Å². The molecule has 2 N–H and O–H groups in total. The zero-order valence-electron chi connectivity index (χ0n) is 16.5. The van der Waals surface area contributed by atoms with E-state index in [0.29, 0.717) is 27.4 Å². The maximum absolute atomic E-state index is 12.6. The molecule has 0 atom stereocenters. The Balaban J connectivity index is 1.61. The van der Waals surface area contributed by atoms with Gasteiger partial charge >= 0.3 is 0 Å². The van der Waals surface area contributed by atoms with Gasteiger partial charge in [0, 0.05) is 21.9 Å². The highest BCUT2D eigenvalue weighted by atomic mass is 79.9. The molecule has 0 aliphatic rings. The van der Waals surface area contributed by atoms with Gasteiger partial charge in [-0.05, 0) is 72.2 Å². The number of halogens is 2. The minimum atomic E-state index is -3.83. The Morgan fingerprint density at radius 3 is 2.39 bits per heavy atom. The molecule has 0 aliphatic carbocycles. The molecule has 2 aromatic carbocycles. The molecule has 3 rings (SSSR count). The van der Waals surface area contributed by atoms with Crippen LogP contribution in [0.1, 0.15) is 11.5 Å². The van der Waals surface area contributed by atoms with Crippen LogP contribution >= 0.6 is 31.9 Å². The maximum atomic E-state index is 12.6. The summed E-state index contributed by atoms with van der Waals surface area (Å²) in [4.78, 5) is 20.4. The normalized spacial score (nSPS) is 11.1. The number of sulfonamides is 1. The number of amides is 1. The standard InChI is InChI=1S/C20H18Br2N4O4S/c1-12-9-19(24-13(2)23-12)26-31(28,29)16-6-4-15(5-7-16)25-20(27)11-30-18-8-3-14(21)10-17(18)22/h3-10H,11H2,1-2H3,(H,25,27)(H,23,24,26). The Morgan fingerprint density at radius 1 is 1.03 bits per heavy atom. The number of carbonyl (C=O) groups excluding carboxylic acids is 1. The molecular formula is C20H18Br2N4O4S.